The molecule has 0 radical (unpaired) electrons. The lowest BCUT2D eigenvalue weighted by Gasteiger charge is -2.40. The molecule has 1 aromatic heterocycles. The van der Waals surface area contributed by atoms with E-state index in [-0.39, 0.29) is 5.41 Å². The van der Waals surface area contributed by atoms with E-state index in [0.717, 1.165) is 30.3 Å². The molecule has 0 aromatic carbocycles. The summed E-state index contributed by atoms with van der Waals surface area (Å²) in [4.78, 5) is 1.26. The van der Waals surface area contributed by atoms with Crippen molar-refractivity contribution in [1.29, 1.82) is 0 Å². The van der Waals surface area contributed by atoms with Gasteiger partial charge in [0.15, 0.2) is 0 Å². The molecular formula is C11H16ClNOS. The molecule has 1 saturated carbocycles. The zero-order valence-corrected chi connectivity index (χ0v) is 10.2. The Hall–Kier alpha value is -0.0900. The van der Waals surface area contributed by atoms with Crippen molar-refractivity contribution in [2.24, 2.45) is 5.41 Å². The van der Waals surface area contributed by atoms with Gasteiger partial charge in [-0.2, -0.15) is 0 Å². The van der Waals surface area contributed by atoms with Crippen LogP contribution in [0.25, 0.3) is 0 Å². The minimum atomic E-state index is 0.168. The molecule has 1 aliphatic carbocycles. The maximum Gasteiger partial charge on any atom is 0.0931 e. The molecule has 84 valence electrons. The molecule has 0 aliphatic heterocycles. The second-order valence-electron chi connectivity index (χ2n) is 4.32. The summed E-state index contributed by atoms with van der Waals surface area (Å²) >= 11 is 7.46. The third-order valence-corrected chi connectivity index (χ3v) is 4.41. The van der Waals surface area contributed by atoms with Gasteiger partial charge in [0.25, 0.3) is 0 Å². The van der Waals surface area contributed by atoms with E-state index in [2.05, 4.69) is 5.32 Å². The number of aliphatic hydroxyl groups excluding tert-OH is 1. The molecule has 0 unspecified atom stereocenters. The Balaban J connectivity index is 1.74. The van der Waals surface area contributed by atoms with Crippen molar-refractivity contribution in [2.45, 2.75) is 25.8 Å². The van der Waals surface area contributed by atoms with Crippen LogP contribution in [0, 0.1) is 5.41 Å². The molecule has 1 fully saturated rings. The summed E-state index contributed by atoms with van der Waals surface area (Å²) in [6.07, 6.45) is 3.57. The van der Waals surface area contributed by atoms with E-state index < -0.39 is 0 Å². The average Bonchev–Trinajstić information content (AvgIpc) is 2.56. The Labute approximate surface area is 99.3 Å². The minimum Gasteiger partial charge on any atom is -0.396 e. The fraction of sp³-hybridized carbons (Fsp3) is 0.636. The van der Waals surface area contributed by atoms with Crippen LogP contribution in [0.5, 0.6) is 0 Å². The van der Waals surface area contributed by atoms with Gasteiger partial charge >= 0.3 is 0 Å². The van der Waals surface area contributed by atoms with Crippen LogP contribution in [0.2, 0.25) is 4.34 Å². The summed E-state index contributed by atoms with van der Waals surface area (Å²) in [6, 6.07) is 3.97. The number of nitrogens with one attached hydrogen (secondary N) is 1. The maximum atomic E-state index is 9.28. The first-order valence-electron chi connectivity index (χ1n) is 5.30. The van der Waals surface area contributed by atoms with Crippen LogP contribution in [0.1, 0.15) is 24.1 Å². The third kappa shape index (κ3) is 2.72. The topological polar surface area (TPSA) is 32.3 Å². The van der Waals surface area contributed by atoms with Crippen LogP contribution in [-0.2, 0) is 6.54 Å². The summed E-state index contributed by atoms with van der Waals surface area (Å²) in [5.74, 6) is 0. The van der Waals surface area contributed by atoms with Crippen molar-refractivity contribution < 1.29 is 5.11 Å². The van der Waals surface area contributed by atoms with Crippen molar-refractivity contribution in [1.82, 2.24) is 5.32 Å². The average molecular weight is 246 g/mol. The van der Waals surface area contributed by atoms with Gasteiger partial charge in [0.05, 0.1) is 4.34 Å². The van der Waals surface area contributed by atoms with E-state index in [0.29, 0.717) is 6.61 Å². The zero-order chi connectivity index (χ0) is 10.7. The predicted molar refractivity (Wildman–Crippen MR) is 64.4 cm³/mol. The van der Waals surface area contributed by atoms with Crippen LogP contribution < -0.4 is 5.32 Å². The normalized spacial score (nSPS) is 18.8. The number of hydrogen-bond donors (Lipinski definition) is 2. The Kier molecular flexibility index (Phi) is 3.67. The minimum absolute atomic E-state index is 0.168. The van der Waals surface area contributed by atoms with Crippen LogP contribution >= 0.6 is 22.9 Å². The van der Waals surface area contributed by atoms with Crippen LogP contribution in [0.15, 0.2) is 12.1 Å². The Morgan fingerprint density at radius 3 is 2.73 bits per heavy atom. The van der Waals surface area contributed by atoms with Crippen LogP contribution in [0.4, 0.5) is 0 Å². The molecule has 0 spiro atoms. The lowest BCUT2D eigenvalue weighted by atomic mass is 9.69. The van der Waals surface area contributed by atoms with E-state index in [1.807, 2.05) is 12.1 Å². The highest BCUT2D eigenvalue weighted by molar-refractivity contribution is 7.16. The summed E-state index contributed by atoms with van der Waals surface area (Å²) in [5.41, 5.74) is 0.168. The van der Waals surface area contributed by atoms with Gasteiger partial charge in [-0.1, -0.05) is 18.0 Å². The first-order valence-corrected chi connectivity index (χ1v) is 6.49. The highest BCUT2D eigenvalue weighted by Gasteiger charge is 2.35. The number of thiophene rings is 1. The molecule has 2 rings (SSSR count). The van der Waals surface area contributed by atoms with Crippen LogP contribution in [0.3, 0.4) is 0 Å². The van der Waals surface area contributed by atoms with Crippen molar-refractivity contribution >= 4 is 22.9 Å². The second kappa shape index (κ2) is 4.83. The number of halogens is 1. The number of aliphatic hydroxyl groups is 1. The molecule has 0 atom stereocenters. The van der Waals surface area contributed by atoms with Gasteiger partial charge in [-0.15, -0.1) is 11.3 Å². The molecule has 0 bridgehead atoms. The molecule has 2 N–H and O–H groups in total. The molecule has 0 saturated heterocycles. The molecular weight excluding hydrogens is 230 g/mol. The van der Waals surface area contributed by atoms with Crippen LogP contribution in [-0.4, -0.2) is 18.3 Å². The van der Waals surface area contributed by atoms with Crippen molar-refractivity contribution in [3.8, 4) is 0 Å². The highest BCUT2D eigenvalue weighted by Crippen LogP contribution is 2.39. The van der Waals surface area contributed by atoms with Gasteiger partial charge in [-0.25, -0.2) is 0 Å². The monoisotopic (exact) mass is 245 g/mol. The first kappa shape index (κ1) is 11.4. The summed E-state index contributed by atoms with van der Waals surface area (Å²) in [7, 11) is 0. The van der Waals surface area contributed by atoms with E-state index >= 15 is 0 Å². The fourth-order valence-corrected chi connectivity index (χ4v) is 3.02. The van der Waals surface area contributed by atoms with Gasteiger partial charge in [-0.3, -0.25) is 0 Å². The standard InChI is InChI=1S/C11H16ClNOS/c12-10-3-2-9(15-10)6-13-7-11(8-14)4-1-5-11/h2-3,13-14H,1,4-8H2. The van der Waals surface area contributed by atoms with E-state index in [4.69, 9.17) is 11.6 Å². The van der Waals surface area contributed by atoms with E-state index in [9.17, 15) is 5.11 Å². The third-order valence-electron chi connectivity index (χ3n) is 3.18. The second-order valence-corrected chi connectivity index (χ2v) is 6.12. The molecule has 4 heteroatoms. The van der Waals surface area contributed by atoms with Gasteiger partial charge in [-0.05, 0) is 25.0 Å². The first-order chi connectivity index (χ1) is 7.24. The number of rotatable bonds is 5. The molecule has 1 aliphatic rings. The van der Waals surface area contributed by atoms with Gasteiger partial charge in [0.1, 0.15) is 0 Å². The van der Waals surface area contributed by atoms with Crippen molar-refractivity contribution in [3.63, 3.8) is 0 Å². The predicted octanol–water partition coefficient (Wildman–Crippen LogP) is 2.65. The lowest BCUT2D eigenvalue weighted by molar-refractivity contribution is 0.0445. The summed E-state index contributed by atoms with van der Waals surface area (Å²) < 4.78 is 0.840. The van der Waals surface area contributed by atoms with Crippen molar-refractivity contribution in [3.05, 3.63) is 21.3 Å². The van der Waals surface area contributed by atoms with Crippen molar-refractivity contribution in [2.75, 3.05) is 13.2 Å². The molecule has 1 heterocycles. The lowest BCUT2D eigenvalue weighted by Crippen LogP contribution is -2.42. The Morgan fingerprint density at radius 1 is 1.47 bits per heavy atom. The smallest absolute Gasteiger partial charge is 0.0931 e. The van der Waals surface area contributed by atoms with Gasteiger partial charge in [0, 0.05) is 30.0 Å². The SMILES string of the molecule is OCC1(CNCc2ccc(Cl)s2)CCC1. The molecule has 0 amide bonds. The summed E-state index contributed by atoms with van der Waals surface area (Å²) in [6.45, 7) is 2.09. The molecule has 1 aromatic rings. The fourth-order valence-electron chi connectivity index (χ4n) is 1.97. The Morgan fingerprint density at radius 2 is 2.27 bits per heavy atom. The van der Waals surface area contributed by atoms with Gasteiger partial charge < -0.3 is 10.4 Å². The Bertz CT molecular complexity index is 317. The summed E-state index contributed by atoms with van der Waals surface area (Å²) in [5, 5.41) is 12.7. The quantitative estimate of drug-likeness (QED) is 0.836. The zero-order valence-electron chi connectivity index (χ0n) is 8.63. The molecule has 15 heavy (non-hydrogen) atoms. The largest absolute Gasteiger partial charge is 0.396 e. The van der Waals surface area contributed by atoms with E-state index in [1.165, 1.54) is 11.3 Å². The highest BCUT2D eigenvalue weighted by atomic mass is 35.5. The van der Waals surface area contributed by atoms with Gasteiger partial charge in [0.2, 0.25) is 0 Å². The molecule has 2 nitrogen and oxygen atoms in total. The maximum absolute atomic E-state index is 9.28. The number of hydrogen-bond acceptors (Lipinski definition) is 3. The van der Waals surface area contributed by atoms with E-state index in [1.54, 1.807) is 11.3 Å².